The van der Waals surface area contributed by atoms with Crippen LogP contribution >= 0.6 is 11.6 Å². The van der Waals surface area contributed by atoms with Gasteiger partial charge in [0.1, 0.15) is 11.4 Å². The van der Waals surface area contributed by atoms with Gasteiger partial charge in [-0.25, -0.2) is 14.8 Å². The molecule has 7 heteroatoms. The van der Waals surface area contributed by atoms with Crippen molar-refractivity contribution in [3.8, 4) is 0 Å². The first-order valence-electron chi connectivity index (χ1n) is 9.57. The molecule has 6 nitrogen and oxygen atoms in total. The molecule has 152 valence electrons. The highest BCUT2D eigenvalue weighted by Crippen LogP contribution is 2.26. The predicted molar refractivity (Wildman–Crippen MR) is 113 cm³/mol. The van der Waals surface area contributed by atoms with Gasteiger partial charge < -0.3 is 15.0 Å². The van der Waals surface area contributed by atoms with Crippen LogP contribution in [0.2, 0.25) is 5.28 Å². The van der Waals surface area contributed by atoms with E-state index in [-0.39, 0.29) is 11.4 Å². The number of fused-ring (bicyclic) bond motifs is 1. The molecule has 1 aromatic carbocycles. The van der Waals surface area contributed by atoms with Gasteiger partial charge in [-0.15, -0.1) is 0 Å². The van der Waals surface area contributed by atoms with Gasteiger partial charge in [0, 0.05) is 30.5 Å². The SMILES string of the molecule is CC.Cc1cnc(Cl)nc1Nc1ccc2c(c1)CCN(C(=O)OC(C)(C)C)C2. The summed E-state index contributed by atoms with van der Waals surface area (Å²) in [6, 6.07) is 6.11. The van der Waals surface area contributed by atoms with Gasteiger partial charge in [-0.05, 0) is 69.0 Å². The van der Waals surface area contributed by atoms with Crippen molar-refractivity contribution in [2.75, 3.05) is 11.9 Å². The molecule has 3 rings (SSSR count). The van der Waals surface area contributed by atoms with Gasteiger partial charge in [-0.1, -0.05) is 19.9 Å². The fraction of sp³-hybridized carbons (Fsp3) is 0.476. The zero-order valence-corrected chi connectivity index (χ0v) is 18.2. The fourth-order valence-corrected chi connectivity index (χ4v) is 2.93. The number of carbonyl (C=O) groups is 1. The smallest absolute Gasteiger partial charge is 0.410 e. The van der Waals surface area contributed by atoms with E-state index in [9.17, 15) is 4.79 Å². The van der Waals surface area contributed by atoms with Crippen LogP contribution in [0.15, 0.2) is 24.4 Å². The lowest BCUT2D eigenvalue weighted by molar-refractivity contribution is 0.0224. The molecule has 1 amide bonds. The van der Waals surface area contributed by atoms with Gasteiger partial charge in [-0.2, -0.15) is 0 Å². The summed E-state index contributed by atoms with van der Waals surface area (Å²) in [5.74, 6) is 0.691. The van der Waals surface area contributed by atoms with E-state index < -0.39 is 5.60 Å². The number of hydrogen-bond donors (Lipinski definition) is 1. The molecule has 1 aliphatic heterocycles. The van der Waals surface area contributed by atoms with Crippen molar-refractivity contribution in [1.29, 1.82) is 0 Å². The Morgan fingerprint density at radius 2 is 1.96 bits per heavy atom. The number of aromatic nitrogens is 2. The van der Waals surface area contributed by atoms with E-state index in [2.05, 4.69) is 21.4 Å². The lowest BCUT2D eigenvalue weighted by Gasteiger charge is -2.31. The van der Waals surface area contributed by atoms with Crippen molar-refractivity contribution in [3.63, 3.8) is 0 Å². The molecule has 1 N–H and O–H groups in total. The number of ether oxygens (including phenoxy) is 1. The van der Waals surface area contributed by atoms with Gasteiger partial charge in [0.15, 0.2) is 0 Å². The summed E-state index contributed by atoms with van der Waals surface area (Å²) in [4.78, 5) is 22.2. The highest BCUT2D eigenvalue weighted by Gasteiger charge is 2.25. The number of amides is 1. The minimum absolute atomic E-state index is 0.212. The standard InChI is InChI=1S/C19H23ClN4O2.C2H6/c1-12-10-21-17(20)23-16(12)22-15-6-5-14-11-24(8-7-13(14)9-15)18(25)26-19(2,3)4;1-2/h5-6,9-10H,7-8,11H2,1-4H3,(H,21,22,23);1-2H3. The first-order valence-corrected chi connectivity index (χ1v) is 9.95. The molecule has 1 aliphatic rings. The van der Waals surface area contributed by atoms with Crippen LogP contribution in [0.25, 0.3) is 0 Å². The molecule has 0 spiro atoms. The van der Waals surface area contributed by atoms with Crippen molar-refractivity contribution >= 4 is 29.2 Å². The first kappa shape index (κ1) is 22.0. The van der Waals surface area contributed by atoms with Crippen LogP contribution in [0.5, 0.6) is 0 Å². The zero-order chi connectivity index (χ0) is 20.9. The van der Waals surface area contributed by atoms with Crippen molar-refractivity contribution in [2.45, 2.75) is 60.1 Å². The number of aryl methyl sites for hydroxylation is 1. The van der Waals surface area contributed by atoms with Crippen LogP contribution < -0.4 is 5.32 Å². The van der Waals surface area contributed by atoms with Crippen molar-refractivity contribution < 1.29 is 9.53 Å². The molecule has 2 heterocycles. The maximum Gasteiger partial charge on any atom is 0.410 e. The Morgan fingerprint density at radius 1 is 1.25 bits per heavy atom. The Balaban J connectivity index is 0.00000136. The summed E-state index contributed by atoms with van der Waals surface area (Å²) in [5, 5.41) is 3.50. The van der Waals surface area contributed by atoms with Crippen molar-refractivity contribution in [2.24, 2.45) is 0 Å². The average Bonchev–Trinajstić information content (AvgIpc) is 2.64. The summed E-state index contributed by atoms with van der Waals surface area (Å²) < 4.78 is 5.47. The number of hydrogen-bond acceptors (Lipinski definition) is 5. The van der Waals surface area contributed by atoms with E-state index in [1.165, 1.54) is 5.56 Å². The lowest BCUT2D eigenvalue weighted by atomic mass is 9.99. The minimum atomic E-state index is -0.484. The van der Waals surface area contributed by atoms with Crippen LogP contribution in [-0.2, 0) is 17.7 Å². The van der Waals surface area contributed by atoms with E-state index in [4.69, 9.17) is 16.3 Å². The molecule has 28 heavy (non-hydrogen) atoms. The molecule has 0 atom stereocenters. The summed E-state index contributed by atoms with van der Waals surface area (Å²) in [7, 11) is 0. The average molecular weight is 405 g/mol. The molecule has 0 fully saturated rings. The van der Waals surface area contributed by atoms with Crippen LogP contribution in [0.1, 0.15) is 51.3 Å². The van der Waals surface area contributed by atoms with Crippen molar-refractivity contribution in [1.82, 2.24) is 14.9 Å². The van der Waals surface area contributed by atoms with E-state index >= 15 is 0 Å². The number of carbonyl (C=O) groups excluding carboxylic acids is 1. The Labute approximate surface area is 172 Å². The fourth-order valence-electron chi connectivity index (χ4n) is 2.80. The van der Waals surface area contributed by atoms with Crippen molar-refractivity contribution in [3.05, 3.63) is 46.4 Å². The van der Waals surface area contributed by atoms with Crippen LogP contribution in [0.3, 0.4) is 0 Å². The molecule has 0 radical (unpaired) electrons. The highest BCUT2D eigenvalue weighted by atomic mass is 35.5. The second-order valence-electron chi connectivity index (χ2n) is 7.43. The maximum absolute atomic E-state index is 12.3. The molecule has 0 aliphatic carbocycles. The van der Waals surface area contributed by atoms with Crippen LogP contribution in [-0.4, -0.2) is 33.1 Å². The summed E-state index contributed by atoms with van der Waals surface area (Å²) >= 11 is 5.88. The first-order chi connectivity index (χ1) is 13.2. The normalized spacial score (nSPS) is 13.2. The molecule has 0 bridgehead atoms. The lowest BCUT2D eigenvalue weighted by Crippen LogP contribution is -2.39. The van der Waals surface area contributed by atoms with Gasteiger partial charge in [0.05, 0.1) is 0 Å². The third-order valence-electron chi connectivity index (χ3n) is 4.08. The Kier molecular flexibility index (Phi) is 7.24. The topological polar surface area (TPSA) is 67.4 Å². The molecule has 1 aromatic heterocycles. The third-order valence-corrected chi connectivity index (χ3v) is 4.26. The van der Waals surface area contributed by atoms with E-state index in [0.717, 1.165) is 23.2 Å². The maximum atomic E-state index is 12.3. The van der Waals surface area contributed by atoms with Gasteiger partial charge >= 0.3 is 6.09 Å². The molecule has 0 saturated heterocycles. The minimum Gasteiger partial charge on any atom is -0.444 e. The largest absolute Gasteiger partial charge is 0.444 e. The number of rotatable bonds is 2. The van der Waals surface area contributed by atoms with Gasteiger partial charge in [0.25, 0.3) is 0 Å². The number of nitrogens with one attached hydrogen (secondary N) is 1. The molecular weight excluding hydrogens is 376 g/mol. The van der Waals surface area contributed by atoms with Crippen LogP contribution in [0.4, 0.5) is 16.3 Å². The number of anilines is 2. The van der Waals surface area contributed by atoms with E-state index in [1.54, 1.807) is 11.1 Å². The summed E-state index contributed by atoms with van der Waals surface area (Å²) in [6.07, 6.45) is 2.21. The predicted octanol–water partition coefficient (Wildman–Crippen LogP) is 5.50. The van der Waals surface area contributed by atoms with Gasteiger partial charge in [0.2, 0.25) is 5.28 Å². The quantitative estimate of drug-likeness (QED) is 0.669. The zero-order valence-electron chi connectivity index (χ0n) is 17.5. The molecule has 2 aromatic rings. The summed E-state index contributed by atoms with van der Waals surface area (Å²) in [6.45, 7) is 12.8. The number of benzene rings is 1. The van der Waals surface area contributed by atoms with Crippen LogP contribution in [0, 0.1) is 6.92 Å². The molecular formula is C21H29ClN4O2. The Morgan fingerprint density at radius 3 is 2.64 bits per heavy atom. The summed E-state index contributed by atoms with van der Waals surface area (Å²) in [5.41, 5.74) is 3.72. The second-order valence-corrected chi connectivity index (χ2v) is 7.77. The van der Waals surface area contributed by atoms with E-state index in [0.29, 0.717) is 18.9 Å². The second kappa shape index (κ2) is 9.24. The van der Waals surface area contributed by atoms with E-state index in [1.807, 2.05) is 53.7 Å². The Hall–Kier alpha value is -2.34. The molecule has 0 unspecified atom stereocenters. The Bertz CT molecular complexity index is 834. The number of nitrogens with zero attached hydrogens (tertiary/aromatic N) is 3. The highest BCUT2D eigenvalue weighted by molar-refractivity contribution is 6.28. The van der Waals surface area contributed by atoms with Gasteiger partial charge in [-0.3, -0.25) is 0 Å². The third kappa shape index (κ3) is 5.83. The monoisotopic (exact) mass is 404 g/mol. The number of halogens is 1. The molecule has 0 saturated carbocycles.